The molecule has 0 bridgehead atoms. The summed E-state index contributed by atoms with van der Waals surface area (Å²) in [5.74, 6) is 2.46. The molecule has 112 valence electrons. The number of aryl methyl sites for hydroxylation is 3. The number of hydrogen-bond acceptors (Lipinski definition) is 4. The lowest BCUT2D eigenvalue weighted by atomic mass is 10.2. The maximum Gasteiger partial charge on any atom is 0.223 e. The van der Waals surface area contributed by atoms with Gasteiger partial charge in [0.15, 0.2) is 5.82 Å². The van der Waals surface area contributed by atoms with Gasteiger partial charge in [-0.3, -0.25) is 9.89 Å². The van der Waals surface area contributed by atoms with Gasteiger partial charge in [-0.25, -0.2) is 4.98 Å². The number of H-pyrrole nitrogens is 1. The highest BCUT2D eigenvalue weighted by Crippen LogP contribution is 2.49. The molecular weight excluding hydrogens is 284 g/mol. The normalized spacial score (nSPS) is 20.5. The van der Waals surface area contributed by atoms with E-state index in [-0.39, 0.29) is 11.8 Å². The number of nitrogens with zero attached hydrogens (tertiary/aromatic N) is 2. The van der Waals surface area contributed by atoms with Crippen molar-refractivity contribution in [3.8, 4) is 0 Å². The number of hydrogen-bond donors (Lipinski definition) is 2. The van der Waals surface area contributed by atoms with E-state index >= 15 is 0 Å². The van der Waals surface area contributed by atoms with Crippen LogP contribution in [0.1, 0.15) is 40.2 Å². The van der Waals surface area contributed by atoms with Crippen molar-refractivity contribution >= 4 is 17.2 Å². The SMILES string of the molecule is Cc1nc(CCCNC(=O)[C@H]2C[C@@H]2c2ccc(C)s2)n[nH]1. The summed E-state index contributed by atoms with van der Waals surface area (Å²) < 4.78 is 0. The zero-order valence-electron chi connectivity index (χ0n) is 12.3. The molecule has 2 N–H and O–H groups in total. The fourth-order valence-corrected chi connectivity index (χ4v) is 3.60. The number of amides is 1. The molecule has 2 heterocycles. The quantitative estimate of drug-likeness (QED) is 0.805. The van der Waals surface area contributed by atoms with E-state index in [0.29, 0.717) is 12.5 Å². The van der Waals surface area contributed by atoms with Gasteiger partial charge in [0.25, 0.3) is 0 Å². The van der Waals surface area contributed by atoms with Gasteiger partial charge in [0, 0.05) is 34.6 Å². The molecule has 1 aliphatic rings. The minimum absolute atomic E-state index is 0.175. The highest BCUT2D eigenvalue weighted by molar-refractivity contribution is 7.12. The van der Waals surface area contributed by atoms with Crippen molar-refractivity contribution in [1.29, 1.82) is 0 Å². The van der Waals surface area contributed by atoms with Crippen LogP contribution in [0.2, 0.25) is 0 Å². The fraction of sp³-hybridized carbons (Fsp3) is 0.533. The van der Waals surface area contributed by atoms with Crippen molar-refractivity contribution in [2.24, 2.45) is 5.92 Å². The van der Waals surface area contributed by atoms with Gasteiger partial charge < -0.3 is 5.32 Å². The molecule has 0 spiro atoms. The smallest absolute Gasteiger partial charge is 0.223 e. The Labute approximate surface area is 128 Å². The molecule has 5 nitrogen and oxygen atoms in total. The standard InChI is InChI=1S/C15H20N4OS/c1-9-5-6-13(21-9)11-8-12(11)15(20)16-7-3-4-14-17-10(2)18-19-14/h5-6,11-12H,3-4,7-8H2,1-2H3,(H,16,20)(H,17,18,19)/t11-,12-/m0/s1. The molecule has 1 aliphatic carbocycles. The van der Waals surface area contributed by atoms with E-state index in [1.54, 1.807) is 0 Å². The van der Waals surface area contributed by atoms with Crippen LogP contribution in [-0.4, -0.2) is 27.6 Å². The molecule has 1 amide bonds. The van der Waals surface area contributed by atoms with E-state index in [1.165, 1.54) is 9.75 Å². The van der Waals surface area contributed by atoms with Crippen LogP contribution in [0.25, 0.3) is 0 Å². The Morgan fingerprint density at radius 1 is 1.48 bits per heavy atom. The van der Waals surface area contributed by atoms with E-state index in [1.807, 2.05) is 18.3 Å². The Morgan fingerprint density at radius 3 is 3.00 bits per heavy atom. The Bertz CT molecular complexity index is 633. The van der Waals surface area contributed by atoms with Gasteiger partial charge in [-0.1, -0.05) is 0 Å². The second-order valence-corrected chi connectivity index (χ2v) is 6.95. The Kier molecular flexibility index (Phi) is 4.05. The Hall–Kier alpha value is -1.69. The maximum absolute atomic E-state index is 12.1. The molecular formula is C15H20N4OS. The van der Waals surface area contributed by atoms with Crippen LogP contribution in [0.3, 0.4) is 0 Å². The van der Waals surface area contributed by atoms with Crippen LogP contribution >= 0.6 is 11.3 Å². The van der Waals surface area contributed by atoms with E-state index in [4.69, 9.17) is 0 Å². The minimum Gasteiger partial charge on any atom is -0.356 e. The molecule has 0 unspecified atom stereocenters. The third-order valence-electron chi connectivity index (χ3n) is 3.77. The second-order valence-electron chi connectivity index (χ2n) is 5.63. The maximum atomic E-state index is 12.1. The van der Waals surface area contributed by atoms with E-state index in [9.17, 15) is 4.79 Å². The first kappa shape index (κ1) is 14.3. The molecule has 0 aromatic carbocycles. The molecule has 0 saturated heterocycles. The van der Waals surface area contributed by atoms with E-state index < -0.39 is 0 Å². The molecule has 1 fully saturated rings. The molecule has 2 aromatic rings. The zero-order chi connectivity index (χ0) is 14.8. The molecule has 6 heteroatoms. The predicted molar refractivity (Wildman–Crippen MR) is 82.4 cm³/mol. The van der Waals surface area contributed by atoms with Crippen LogP contribution in [-0.2, 0) is 11.2 Å². The number of carbonyl (C=O) groups is 1. The van der Waals surface area contributed by atoms with Crippen LogP contribution < -0.4 is 5.32 Å². The van der Waals surface area contributed by atoms with Crippen molar-refractivity contribution in [1.82, 2.24) is 20.5 Å². The van der Waals surface area contributed by atoms with Gasteiger partial charge in [0.05, 0.1) is 0 Å². The summed E-state index contributed by atoms with van der Waals surface area (Å²) in [5, 5.41) is 9.94. The molecule has 2 aromatic heterocycles. The molecule has 2 atom stereocenters. The van der Waals surface area contributed by atoms with Crippen LogP contribution in [0.5, 0.6) is 0 Å². The molecule has 21 heavy (non-hydrogen) atoms. The summed E-state index contributed by atoms with van der Waals surface area (Å²) in [6.07, 6.45) is 2.66. The van der Waals surface area contributed by atoms with Gasteiger partial charge in [-0.2, -0.15) is 5.10 Å². The molecule has 1 saturated carbocycles. The van der Waals surface area contributed by atoms with Crippen LogP contribution in [0.4, 0.5) is 0 Å². The lowest BCUT2D eigenvalue weighted by Gasteiger charge is -2.03. The first-order valence-electron chi connectivity index (χ1n) is 7.35. The largest absolute Gasteiger partial charge is 0.356 e. The summed E-state index contributed by atoms with van der Waals surface area (Å²) in [6.45, 7) is 4.69. The van der Waals surface area contributed by atoms with Crippen molar-refractivity contribution in [2.45, 2.75) is 39.0 Å². The van der Waals surface area contributed by atoms with Crippen LogP contribution in [0.15, 0.2) is 12.1 Å². The number of aromatic nitrogens is 3. The third-order valence-corrected chi connectivity index (χ3v) is 4.91. The average Bonchev–Trinajstić information content (AvgIpc) is 2.98. The number of thiophene rings is 1. The topological polar surface area (TPSA) is 70.7 Å². The lowest BCUT2D eigenvalue weighted by molar-refractivity contribution is -0.122. The van der Waals surface area contributed by atoms with Crippen molar-refractivity contribution in [3.63, 3.8) is 0 Å². The highest BCUT2D eigenvalue weighted by atomic mass is 32.1. The van der Waals surface area contributed by atoms with E-state index in [2.05, 4.69) is 39.6 Å². The number of carbonyl (C=O) groups excluding carboxylic acids is 1. The van der Waals surface area contributed by atoms with Gasteiger partial charge in [0.1, 0.15) is 5.82 Å². The summed E-state index contributed by atoms with van der Waals surface area (Å²) in [6, 6.07) is 4.29. The highest BCUT2D eigenvalue weighted by Gasteiger charge is 2.44. The zero-order valence-corrected chi connectivity index (χ0v) is 13.2. The summed E-state index contributed by atoms with van der Waals surface area (Å²) in [5.41, 5.74) is 0. The van der Waals surface area contributed by atoms with E-state index in [0.717, 1.165) is 30.9 Å². The lowest BCUT2D eigenvalue weighted by Crippen LogP contribution is -2.26. The summed E-state index contributed by atoms with van der Waals surface area (Å²) >= 11 is 1.81. The first-order chi connectivity index (χ1) is 10.1. The fourth-order valence-electron chi connectivity index (χ4n) is 2.54. The average molecular weight is 304 g/mol. The van der Waals surface area contributed by atoms with Gasteiger partial charge in [-0.15, -0.1) is 11.3 Å². The Balaban J connectivity index is 1.38. The molecule has 0 aliphatic heterocycles. The number of aromatic amines is 1. The van der Waals surface area contributed by atoms with Gasteiger partial charge >= 0.3 is 0 Å². The minimum atomic E-state index is 0.175. The van der Waals surface area contributed by atoms with Crippen LogP contribution in [0, 0.1) is 19.8 Å². The monoisotopic (exact) mass is 304 g/mol. The number of rotatable bonds is 6. The Morgan fingerprint density at radius 2 is 2.33 bits per heavy atom. The van der Waals surface area contributed by atoms with Gasteiger partial charge in [-0.05, 0) is 38.8 Å². The predicted octanol–water partition coefficient (Wildman–Crippen LogP) is 2.34. The van der Waals surface area contributed by atoms with Gasteiger partial charge in [0.2, 0.25) is 5.91 Å². The molecule has 0 radical (unpaired) electrons. The number of nitrogens with one attached hydrogen (secondary N) is 2. The molecule has 3 rings (SSSR count). The summed E-state index contributed by atoms with van der Waals surface area (Å²) in [7, 11) is 0. The third kappa shape index (κ3) is 3.50. The second kappa shape index (κ2) is 5.97. The first-order valence-corrected chi connectivity index (χ1v) is 8.17. The van der Waals surface area contributed by atoms with Crippen molar-refractivity contribution in [2.75, 3.05) is 6.54 Å². The van der Waals surface area contributed by atoms with Crippen molar-refractivity contribution < 1.29 is 4.79 Å². The van der Waals surface area contributed by atoms with Crippen molar-refractivity contribution in [3.05, 3.63) is 33.5 Å². The summed E-state index contributed by atoms with van der Waals surface area (Å²) in [4.78, 5) is 19.0.